The number of aromatic nitrogens is 2. The molecule has 0 bridgehead atoms. The number of fused-ring (bicyclic) bond motifs is 1. The first-order chi connectivity index (χ1) is 13.7. The summed E-state index contributed by atoms with van der Waals surface area (Å²) in [5.74, 6) is 0.528. The predicted octanol–water partition coefficient (Wildman–Crippen LogP) is 3.87. The van der Waals surface area contributed by atoms with Crippen molar-refractivity contribution < 1.29 is 4.79 Å². The summed E-state index contributed by atoms with van der Waals surface area (Å²) in [5, 5.41) is 3.20. The van der Waals surface area contributed by atoms with Crippen LogP contribution in [0, 0.1) is 5.92 Å². The summed E-state index contributed by atoms with van der Waals surface area (Å²) in [6, 6.07) is 18.1. The number of rotatable bonds is 8. The fourth-order valence-electron chi connectivity index (χ4n) is 3.95. The minimum absolute atomic E-state index is 0.0000225. The van der Waals surface area contributed by atoms with Crippen LogP contribution in [0.15, 0.2) is 59.4 Å². The lowest BCUT2D eigenvalue weighted by Crippen LogP contribution is -2.32. The van der Waals surface area contributed by atoms with Gasteiger partial charge in [-0.2, -0.15) is 0 Å². The molecule has 0 spiro atoms. The number of amides is 1. The summed E-state index contributed by atoms with van der Waals surface area (Å²) in [7, 11) is 0. The van der Waals surface area contributed by atoms with E-state index in [-0.39, 0.29) is 17.6 Å². The summed E-state index contributed by atoms with van der Waals surface area (Å²) < 4.78 is 3.55. The molecular weight excluding hydrogens is 350 g/mol. The molecular formula is C23H27N3O2. The second-order valence-electron chi connectivity index (χ2n) is 7.62. The van der Waals surface area contributed by atoms with Gasteiger partial charge >= 0.3 is 5.69 Å². The first-order valence-corrected chi connectivity index (χ1v) is 10.2. The van der Waals surface area contributed by atoms with Gasteiger partial charge in [0.1, 0.15) is 0 Å². The van der Waals surface area contributed by atoms with Crippen LogP contribution >= 0.6 is 0 Å². The van der Waals surface area contributed by atoms with Gasteiger partial charge in [0, 0.05) is 19.5 Å². The molecule has 1 amide bonds. The molecule has 28 heavy (non-hydrogen) atoms. The first kappa shape index (κ1) is 18.5. The number of carbonyl (C=O) groups excluding carboxylic acids is 1. The van der Waals surface area contributed by atoms with E-state index in [4.69, 9.17) is 0 Å². The maximum absolute atomic E-state index is 12.8. The number of imidazole rings is 1. The number of benzene rings is 2. The van der Waals surface area contributed by atoms with Crippen LogP contribution in [0.2, 0.25) is 0 Å². The van der Waals surface area contributed by atoms with Gasteiger partial charge in [-0.25, -0.2) is 4.79 Å². The van der Waals surface area contributed by atoms with Crippen molar-refractivity contribution in [3.63, 3.8) is 0 Å². The fourth-order valence-corrected chi connectivity index (χ4v) is 3.95. The minimum Gasteiger partial charge on any atom is -0.349 e. The third kappa shape index (κ3) is 3.75. The Morgan fingerprint density at radius 2 is 1.61 bits per heavy atom. The molecule has 0 saturated heterocycles. The minimum atomic E-state index is -0.0300. The van der Waals surface area contributed by atoms with E-state index in [1.165, 1.54) is 0 Å². The zero-order chi connectivity index (χ0) is 19.5. The summed E-state index contributed by atoms with van der Waals surface area (Å²) in [6.45, 7) is 3.15. The van der Waals surface area contributed by atoms with E-state index in [0.717, 1.165) is 35.9 Å². The maximum atomic E-state index is 12.8. The van der Waals surface area contributed by atoms with Crippen molar-refractivity contribution in [2.75, 3.05) is 0 Å². The number of nitrogens with zero attached hydrogens (tertiary/aromatic N) is 2. The number of para-hydroxylation sites is 2. The maximum Gasteiger partial charge on any atom is 0.329 e. The smallest absolute Gasteiger partial charge is 0.329 e. The summed E-state index contributed by atoms with van der Waals surface area (Å²) >= 11 is 0. The Labute approximate surface area is 165 Å². The molecule has 0 radical (unpaired) electrons. The van der Waals surface area contributed by atoms with Gasteiger partial charge in [0.2, 0.25) is 5.91 Å². The second kappa shape index (κ2) is 8.05. The van der Waals surface area contributed by atoms with Gasteiger partial charge in [0.05, 0.1) is 17.1 Å². The Morgan fingerprint density at radius 3 is 2.21 bits per heavy atom. The molecule has 1 aliphatic carbocycles. The van der Waals surface area contributed by atoms with E-state index in [1.54, 1.807) is 4.57 Å². The SMILES string of the molecule is CCCn1c(=O)n(CCC(=O)NC(c2ccccc2)C2CC2)c2ccccc21. The van der Waals surface area contributed by atoms with E-state index in [2.05, 4.69) is 24.4 Å². The van der Waals surface area contributed by atoms with Crippen LogP contribution in [0.25, 0.3) is 11.0 Å². The lowest BCUT2D eigenvalue weighted by Gasteiger charge is -2.19. The largest absolute Gasteiger partial charge is 0.349 e. The van der Waals surface area contributed by atoms with Crippen molar-refractivity contribution in [3.8, 4) is 0 Å². The third-order valence-electron chi connectivity index (χ3n) is 5.50. The number of hydrogen-bond donors (Lipinski definition) is 1. The highest BCUT2D eigenvalue weighted by atomic mass is 16.2. The van der Waals surface area contributed by atoms with E-state index < -0.39 is 0 Å². The van der Waals surface area contributed by atoms with E-state index >= 15 is 0 Å². The zero-order valence-electron chi connectivity index (χ0n) is 16.3. The van der Waals surface area contributed by atoms with Gasteiger partial charge in [0.25, 0.3) is 0 Å². The predicted molar refractivity (Wildman–Crippen MR) is 111 cm³/mol. The Morgan fingerprint density at radius 1 is 1.00 bits per heavy atom. The van der Waals surface area contributed by atoms with Crippen molar-refractivity contribution >= 4 is 16.9 Å². The van der Waals surface area contributed by atoms with Crippen molar-refractivity contribution in [3.05, 3.63) is 70.6 Å². The van der Waals surface area contributed by atoms with Crippen molar-refractivity contribution in [2.24, 2.45) is 5.92 Å². The van der Waals surface area contributed by atoms with Crippen LogP contribution in [0.3, 0.4) is 0 Å². The molecule has 1 unspecified atom stereocenters. The molecule has 1 saturated carbocycles. The van der Waals surface area contributed by atoms with Gasteiger partial charge < -0.3 is 5.32 Å². The first-order valence-electron chi connectivity index (χ1n) is 10.2. The Hall–Kier alpha value is -2.82. The molecule has 0 aliphatic heterocycles. The Bertz CT molecular complexity index is 1020. The Balaban J connectivity index is 1.49. The standard InChI is InChI=1S/C23H27N3O2/c1-2-15-25-19-10-6-7-11-20(19)26(23(25)28)16-14-21(27)24-22(18-12-13-18)17-8-4-3-5-9-17/h3-11,18,22H,2,12-16H2,1H3,(H,24,27). The molecule has 5 heteroatoms. The topological polar surface area (TPSA) is 56.0 Å². The highest BCUT2D eigenvalue weighted by Crippen LogP contribution is 2.40. The molecule has 1 atom stereocenters. The quantitative estimate of drug-likeness (QED) is 0.648. The second-order valence-corrected chi connectivity index (χ2v) is 7.62. The molecule has 5 nitrogen and oxygen atoms in total. The third-order valence-corrected chi connectivity index (χ3v) is 5.50. The molecule has 1 heterocycles. The molecule has 1 aromatic heterocycles. The lowest BCUT2D eigenvalue weighted by molar-refractivity contribution is -0.122. The molecule has 4 rings (SSSR count). The summed E-state index contributed by atoms with van der Waals surface area (Å²) in [6.07, 6.45) is 3.51. The summed E-state index contributed by atoms with van der Waals surface area (Å²) in [4.78, 5) is 25.5. The molecule has 2 aromatic carbocycles. The van der Waals surface area contributed by atoms with Crippen molar-refractivity contribution in [1.29, 1.82) is 0 Å². The number of carbonyl (C=O) groups is 1. The monoisotopic (exact) mass is 377 g/mol. The van der Waals surface area contributed by atoms with Crippen LogP contribution in [0.5, 0.6) is 0 Å². The average molecular weight is 377 g/mol. The van der Waals surface area contributed by atoms with Crippen molar-refractivity contribution in [1.82, 2.24) is 14.5 Å². The molecule has 146 valence electrons. The van der Waals surface area contributed by atoms with Gasteiger partial charge in [-0.1, -0.05) is 49.4 Å². The van der Waals surface area contributed by atoms with Crippen LogP contribution in [-0.2, 0) is 17.9 Å². The fraction of sp³-hybridized carbons (Fsp3) is 0.391. The van der Waals surface area contributed by atoms with E-state index in [9.17, 15) is 9.59 Å². The number of aryl methyl sites for hydroxylation is 2. The van der Waals surface area contributed by atoms with E-state index in [0.29, 0.717) is 25.4 Å². The van der Waals surface area contributed by atoms with Crippen LogP contribution in [-0.4, -0.2) is 15.0 Å². The average Bonchev–Trinajstić information content (AvgIpc) is 3.53. The van der Waals surface area contributed by atoms with Gasteiger partial charge in [-0.05, 0) is 42.9 Å². The zero-order valence-corrected chi connectivity index (χ0v) is 16.3. The van der Waals surface area contributed by atoms with Crippen LogP contribution in [0.4, 0.5) is 0 Å². The van der Waals surface area contributed by atoms with Gasteiger partial charge in [0.15, 0.2) is 0 Å². The summed E-state index contributed by atoms with van der Waals surface area (Å²) in [5.41, 5.74) is 2.97. The number of hydrogen-bond acceptors (Lipinski definition) is 2. The van der Waals surface area contributed by atoms with Crippen LogP contribution < -0.4 is 11.0 Å². The van der Waals surface area contributed by atoms with Gasteiger partial charge in [-0.15, -0.1) is 0 Å². The van der Waals surface area contributed by atoms with Crippen molar-refractivity contribution in [2.45, 2.75) is 51.7 Å². The van der Waals surface area contributed by atoms with Crippen LogP contribution in [0.1, 0.15) is 44.2 Å². The molecule has 1 aliphatic rings. The molecule has 3 aromatic rings. The van der Waals surface area contributed by atoms with Gasteiger partial charge in [-0.3, -0.25) is 13.9 Å². The Kier molecular flexibility index (Phi) is 5.33. The van der Waals surface area contributed by atoms with E-state index in [1.807, 2.05) is 47.0 Å². The molecule has 1 N–H and O–H groups in total. The highest BCUT2D eigenvalue weighted by molar-refractivity contribution is 5.78. The molecule has 1 fully saturated rings. The highest BCUT2D eigenvalue weighted by Gasteiger charge is 2.33. The lowest BCUT2D eigenvalue weighted by atomic mass is 10.0. The number of nitrogens with one attached hydrogen (secondary N) is 1. The normalized spacial score (nSPS) is 14.9.